The highest BCUT2D eigenvalue weighted by molar-refractivity contribution is 5.80. The molecule has 2 heterocycles. The molecule has 1 saturated heterocycles. The molecule has 0 spiro atoms. The molecular weight excluding hydrogens is 314 g/mol. The Balaban J connectivity index is 1.51. The van der Waals surface area contributed by atoms with E-state index in [9.17, 15) is 0 Å². The maximum Gasteiger partial charge on any atom is 0.193 e. The number of rotatable bonds is 7. The molecule has 1 N–H and O–H groups in total. The Hall–Kier alpha value is -2.43. The Kier molecular flexibility index (Phi) is 6.37. The largest absolute Gasteiger partial charge is 0.497 e. The molecule has 134 valence electrons. The van der Waals surface area contributed by atoms with Crippen LogP contribution in [0.3, 0.4) is 0 Å². The molecule has 0 radical (unpaired) electrons. The van der Waals surface area contributed by atoms with E-state index in [0.717, 1.165) is 56.5 Å². The minimum Gasteiger partial charge on any atom is -0.497 e. The average Bonchev–Trinajstić information content (AvgIpc) is 3.35. The van der Waals surface area contributed by atoms with Crippen molar-refractivity contribution in [3.63, 3.8) is 0 Å². The third-order valence-corrected chi connectivity index (χ3v) is 4.46. The van der Waals surface area contributed by atoms with Gasteiger partial charge in [0.05, 0.1) is 13.4 Å². The van der Waals surface area contributed by atoms with Crippen molar-refractivity contribution in [1.82, 2.24) is 10.2 Å². The van der Waals surface area contributed by atoms with Gasteiger partial charge in [0.15, 0.2) is 5.96 Å². The molecule has 2 aromatic rings. The molecule has 3 rings (SSSR count). The van der Waals surface area contributed by atoms with Crippen molar-refractivity contribution >= 4 is 5.96 Å². The number of guanidine groups is 1. The quantitative estimate of drug-likeness (QED) is 0.621. The number of nitrogens with zero attached hydrogens (tertiary/aromatic N) is 2. The number of methoxy groups -OCH3 is 1. The first-order valence-electron chi connectivity index (χ1n) is 9.04. The van der Waals surface area contributed by atoms with Gasteiger partial charge in [-0.1, -0.05) is 12.1 Å². The third kappa shape index (κ3) is 5.28. The minimum atomic E-state index is 0.745. The highest BCUT2D eigenvalue weighted by atomic mass is 16.5. The first kappa shape index (κ1) is 17.4. The second kappa shape index (κ2) is 9.16. The lowest BCUT2D eigenvalue weighted by Gasteiger charge is -2.21. The van der Waals surface area contributed by atoms with Crippen LogP contribution in [0.1, 0.15) is 24.2 Å². The summed E-state index contributed by atoms with van der Waals surface area (Å²) in [6.07, 6.45) is 6.02. The van der Waals surface area contributed by atoms with Crippen LogP contribution in [0.4, 0.5) is 0 Å². The summed E-state index contributed by atoms with van der Waals surface area (Å²) in [5, 5.41) is 3.53. The van der Waals surface area contributed by atoms with Crippen molar-refractivity contribution in [3.05, 3.63) is 54.0 Å². The van der Waals surface area contributed by atoms with E-state index in [4.69, 9.17) is 14.1 Å². The van der Waals surface area contributed by atoms with Gasteiger partial charge in [-0.05, 0) is 49.1 Å². The standard InChI is InChI=1S/C20H27N3O2/c1-24-18-8-6-17(7-9-18)10-12-21-20(23-14-2-3-15-23)22-13-11-19-5-4-16-25-19/h4-9,16H,2-3,10-15H2,1H3,(H,21,22). The van der Waals surface area contributed by atoms with Crippen molar-refractivity contribution in [1.29, 1.82) is 0 Å². The van der Waals surface area contributed by atoms with Gasteiger partial charge in [-0.25, -0.2) is 0 Å². The fourth-order valence-corrected chi connectivity index (χ4v) is 3.03. The molecule has 1 aliphatic heterocycles. The molecule has 0 aliphatic carbocycles. The maximum absolute atomic E-state index is 5.39. The molecule has 25 heavy (non-hydrogen) atoms. The minimum absolute atomic E-state index is 0.745. The first-order valence-corrected chi connectivity index (χ1v) is 9.04. The Labute approximate surface area is 149 Å². The number of benzene rings is 1. The Morgan fingerprint density at radius 3 is 2.64 bits per heavy atom. The second-order valence-corrected chi connectivity index (χ2v) is 6.25. The molecule has 5 heteroatoms. The summed E-state index contributed by atoms with van der Waals surface area (Å²) in [4.78, 5) is 7.15. The summed E-state index contributed by atoms with van der Waals surface area (Å²) >= 11 is 0. The van der Waals surface area contributed by atoms with E-state index in [-0.39, 0.29) is 0 Å². The number of furan rings is 1. The summed E-state index contributed by atoms with van der Waals surface area (Å²) in [7, 11) is 1.69. The molecule has 1 aliphatic rings. The molecule has 5 nitrogen and oxygen atoms in total. The number of ether oxygens (including phenoxy) is 1. The van der Waals surface area contributed by atoms with Crippen molar-refractivity contribution in [3.8, 4) is 5.75 Å². The van der Waals surface area contributed by atoms with E-state index in [2.05, 4.69) is 22.3 Å². The predicted molar refractivity (Wildman–Crippen MR) is 100 cm³/mol. The zero-order chi connectivity index (χ0) is 17.3. The molecule has 1 aromatic heterocycles. The van der Waals surface area contributed by atoms with Crippen molar-refractivity contribution < 1.29 is 9.15 Å². The van der Waals surface area contributed by atoms with Gasteiger partial charge >= 0.3 is 0 Å². The molecule has 0 bridgehead atoms. The molecule has 0 saturated carbocycles. The van der Waals surface area contributed by atoms with E-state index in [0.29, 0.717) is 0 Å². The molecule has 1 aromatic carbocycles. The topological polar surface area (TPSA) is 50.0 Å². The average molecular weight is 341 g/mol. The van der Waals surface area contributed by atoms with Crippen LogP contribution in [0.2, 0.25) is 0 Å². The van der Waals surface area contributed by atoms with Crippen LogP contribution in [0.15, 0.2) is 52.1 Å². The number of aliphatic imine (C=N–C) groups is 1. The molecule has 0 atom stereocenters. The van der Waals surface area contributed by atoms with Gasteiger partial charge < -0.3 is 19.4 Å². The van der Waals surface area contributed by atoms with Gasteiger partial charge in [-0.3, -0.25) is 4.99 Å². The summed E-state index contributed by atoms with van der Waals surface area (Å²) in [5.74, 6) is 2.91. The monoisotopic (exact) mass is 341 g/mol. The lowest BCUT2D eigenvalue weighted by Crippen LogP contribution is -2.40. The molecule has 0 unspecified atom stereocenters. The first-order chi connectivity index (χ1) is 12.3. The van der Waals surface area contributed by atoms with Gasteiger partial charge in [0.2, 0.25) is 0 Å². The SMILES string of the molecule is COc1ccc(CCNC(=NCCc2ccco2)N2CCCC2)cc1. The Morgan fingerprint density at radius 1 is 1.16 bits per heavy atom. The van der Waals surface area contributed by atoms with Crippen LogP contribution in [0.25, 0.3) is 0 Å². The van der Waals surface area contributed by atoms with Gasteiger partial charge in [-0.2, -0.15) is 0 Å². The normalized spacial score (nSPS) is 14.8. The van der Waals surface area contributed by atoms with Gasteiger partial charge in [0, 0.05) is 32.6 Å². The summed E-state index contributed by atoms with van der Waals surface area (Å²) in [6.45, 7) is 3.81. The molecule has 0 amide bonds. The Bertz CT molecular complexity index is 644. The fourth-order valence-electron chi connectivity index (χ4n) is 3.03. The summed E-state index contributed by atoms with van der Waals surface area (Å²) < 4.78 is 10.6. The van der Waals surface area contributed by atoms with E-state index >= 15 is 0 Å². The maximum atomic E-state index is 5.39. The predicted octanol–water partition coefficient (Wildman–Crippen LogP) is 3.11. The van der Waals surface area contributed by atoms with Gasteiger partial charge in [-0.15, -0.1) is 0 Å². The lowest BCUT2D eigenvalue weighted by atomic mass is 10.1. The number of nitrogens with one attached hydrogen (secondary N) is 1. The van der Waals surface area contributed by atoms with Crippen LogP contribution in [-0.4, -0.2) is 44.1 Å². The lowest BCUT2D eigenvalue weighted by molar-refractivity contribution is 0.414. The Morgan fingerprint density at radius 2 is 1.96 bits per heavy atom. The van der Waals surface area contributed by atoms with E-state index in [1.54, 1.807) is 13.4 Å². The van der Waals surface area contributed by atoms with Crippen LogP contribution in [0.5, 0.6) is 5.75 Å². The zero-order valence-corrected chi connectivity index (χ0v) is 14.9. The van der Waals surface area contributed by atoms with Crippen LogP contribution in [0, 0.1) is 0 Å². The summed E-state index contributed by atoms with van der Waals surface area (Å²) in [5.41, 5.74) is 1.30. The highest BCUT2D eigenvalue weighted by Crippen LogP contribution is 2.12. The smallest absolute Gasteiger partial charge is 0.193 e. The molecule has 1 fully saturated rings. The van der Waals surface area contributed by atoms with Crippen LogP contribution in [-0.2, 0) is 12.8 Å². The van der Waals surface area contributed by atoms with E-state index < -0.39 is 0 Å². The number of hydrogen-bond donors (Lipinski definition) is 1. The third-order valence-electron chi connectivity index (χ3n) is 4.46. The van der Waals surface area contributed by atoms with E-state index in [1.807, 2.05) is 24.3 Å². The second-order valence-electron chi connectivity index (χ2n) is 6.25. The zero-order valence-electron chi connectivity index (χ0n) is 14.9. The van der Waals surface area contributed by atoms with Gasteiger partial charge in [0.25, 0.3) is 0 Å². The van der Waals surface area contributed by atoms with Crippen molar-refractivity contribution in [2.75, 3.05) is 33.3 Å². The van der Waals surface area contributed by atoms with Crippen molar-refractivity contribution in [2.24, 2.45) is 4.99 Å². The highest BCUT2D eigenvalue weighted by Gasteiger charge is 2.15. The molecular formula is C20H27N3O2. The number of hydrogen-bond acceptors (Lipinski definition) is 3. The van der Waals surface area contributed by atoms with Crippen molar-refractivity contribution in [2.45, 2.75) is 25.7 Å². The number of likely N-dealkylation sites (tertiary alicyclic amines) is 1. The van der Waals surface area contributed by atoms with Gasteiger partial charge in [0.1, 0.15) is 11.5 Å². The fraction of sp³-hybridized carbons (Fsp3) is 0.450. The van der Waals surface area contributed by atoms with Crippen LogP contribution < -0.4 is 10.1 Å². The van der Waals surface area contributed by atoms with Crippen LogP contribution >= 0.6 is 0 Å². The van der Waals surface area contributed by atoms with E-state index in [1.165, 1.54) is 18.4 Å². The summed E-state index contributed by atoms with van der Waals surface area (Å²) in [6, 6.07) is 12.2.